The normalized spacial score (nSPS) is 24.6. The number of ether oxygens (including phenoxy) is 1. The molecule has 2 atom stereocenters. The standard InChI is InChI=1S/C22H37NO2/c1-7-8-16-24-20-14-15-21(3,4)23(22(5,6)17-20)25-18(2)19-12-10-9-11-13-19/h9-13,18,20H,7-8,14-17H2,1-6H3. The Hall–Kier alpha value is -0.900. The van der Waals surface area contributed by atoms with E-state index in [4.69, 9.17) is 9.57 Å². The van der Waals surface area contributed by atoms with Crippen molar-refractivity contribution in [3.8, 4) is 0 Å². The highest BCUT2D eigenvalue weighted by atomic mass is 16.7. The van der Waals surface area contributed by atoms with E-state index in [1.807, 2.05) is 6.07 Å². The molecule has 1 aliphatic rings. The van der Waals surface area contributed by atoms with Gasteiger partial charge in [0.25, 0.3) is 0 Å². The monoisotopic (exact) mass is 347 g/mol. The van der Waals surface area contributed by atoms with Crippen LogP contribution in [0.15, 0.2) is 30.3 Å². The highest BCUT2D eigenvalue weighted by Gasteiger charge is 2.44. The fourth-order valence-corrected chi connectivity index (χ4v) is 3.94. The summed E-state index contributed by atoms with van der Waals surface area (Å²) in [6, 6.07) is 10.5. The molecule has 2 rings (SSSR count). The van der Waals surface area contributed by atoms with Gasteiger partial charge in [-0.3, -0.25) is 4.84 Å². The van der Waals surface area contributed by atoms with Crippen LogP contribution in [0.4, 0.5) is 0 Å². The Kier molecular flexibility index (Phi) is 7.07. The van der Waals surface area contributed by atoms with Crippen molar-refractivity contribution in [2.24, 2.45) is 0 Å². The van der Waals surface area contributed by atoms with Gasteiger partial charge < -0.3 is 4.74 Å². The first kappa shape index (κ1) is 20.4. The molecule has 1 saturated heterocycles. The third kappa shape index (κ3) is 5.54. The van der Waals surface area contributed by atoms with Crippen LogP contribution in [0.1, 0.15) is 85.3 Å². The van der Waals surface area contributed by atoms with E-state index in [1.165, 1.54) is 12.0 Å². The van der Waals surface area contributed by atoms with Gasteiger partial charge in [-0.25, -0.2) is 0 Å². The molecular formula is C22H37NO2. The summed E-state index contributed by atoms with van der Waals surface area (Å²) in [6.07, 6.45) is 5.87. The number of hydrogen-bond donors (Lipinski definition) is 0. The van der Waals surface area contributed by atoms with Gasteiger partial charge in [0.1, 0.15) is 6.10 Å². The molecule has 0 aliphatic carbocycles. The van der Waals surface area contributed by atoms with Crippen molar-refractivity contribution >= 4 is 0 Å². The summed E-state index contributed by atoms with van der Waals surface area (Å²) in [6.45, 7) is 14.4. The van der Waals surface area contributed by atoms with Crippen LogP contribution in [-0.2, 0) is 9.57 Å². The average molecular weight is 348 g/mol. The van der Waals surface area contributed by atoms with Crippen LogP contribution in [0, 0.1) is 0 Å². The second-order valence-corrected chi connectivity index (χ2v) is 8.67. The maximum atomic E-state index is 6.54. The lowest BCUT2D eigenvalue weighted by atomic mass is 9.95. The first-order valence-electron chi connectivity index (χ1n) is 9.90. The first-order valence-corrected chi connectivity index (χ1v) is 9.90. The summed E-state index contributed by atoms with van der Waals surface area (Å²) in [7, 11) is 0. The number of rotatable bonds is 7. The fourth-order valence-electron chi connectivity index (χ4n) is 3.94. The van der Waals surface area contributed by atoms with Crippen molar-refractivity contribution in [3.63, 3.8) is 0 Å². The Morgan fingerprint density at radius 2 is 1.80 bits per heavy atom. The molecule has 25 heavy (non-hydrogen) atoms. The maximum absolute atomic E-state index is 6.54. The minimum Gasteiger partial charge on any atom is -0.378 e. The predicted octanol–water partition coefficient (Wildman–Crippen LogP) is 5.91. The molecule has 1 aromatic carbocycles. The minimum atomic E-state index is -0.0695. The van der Waals surface area contributed by atoms with Crippen LogP contribution in [0.5, 0.6) is 0 Å². The maximum Gasteiger partial charge on any atom is 0.102 e. The van der Waals surface area contributed by atoms with Crippen LogP contribution in [0.3, 0.4) is 0 Å². The fraction of sp³-hybridized carbons (Fsp3) is 0.727. The van der Waals surface area contributed by atoms with Gasteiger partial charge in [0.05, 0.1) is 6.10 Å². The van der Waals surface area contributed by atoms with Gasteiger partial charge in [-0.05, 0) is 65.9 Å². The molecule has 1 fully saturated rings. The van der Waals surface area contributed by atoms with E-state index in [9.17, 15) is 0 Å². The van der Waals surface area contributed by atoms with Gasteiger partial charge in [-0.1, -0.05) is 43.7 Å². The molecule has 1 heterocycles. The molecule has 1 aromatic rings. The molecule has 142 valence electrons. The largest absolute Gasteiger partial charge is 0.378 e. The molecule has 0 N–H and O–H groups in total. The lowest BCUT2D eigenvalue weighted by Gasteiger charge is -2.47. The number of unbranched alkanes of at least 4 members (excludes halogenated alkanes) is 1. The second kappa shape index (κ2) is 8.66. The van der Waals surface area contributed by atoms with Gasteiger partial charge in [-0.15, -0.1) is 0 Å². The van der Waals surface area contributed by atoms with Crippen LogP contribution in [0.25, 0.3) is 0 Å². The Morgan fingerprint density at radius 1 is 1.12 bits per heavy atom. The van der Waals surface area contributed by atoms with E-state index in [0.29, 0.717) is 6.10 Å². The zero-order valence-electron chi connectivity index (χ0n) is 17.0. The van der Waals surface area contributed by atoms with E-state index in [1.54, 1.807) is 0 Å². The predicted molar refractivity (Wildman–Crippen MR) is 104 cm³/mol. The van der Waals surface area contributed by atoms with Crippen LogP contribution in [0.2, 0.25) is 0 Å². The molecule has 1 aliphatic heterocycles. The molecule has 0 aromatic heterocycles. The topological polar surface area (TPSA) is 21.7 Å². The van der Waals surface area contributed by atoms with Crippen molar-refractivity contribution in [1.82, 2.24) is 5.06 Å². The summed E-state index contributed by atoms with van der Waals surface area (Å²) in [4.78, 5) is 6.54. The third-order valence-corrected chi connectivity index (χ3v) is 5.29. The van der Waals surface area contributed by atoms with E-state index in [2.05, 4.69) is 70.9 Å². The van der Waals surface area contributed by atoms with Crippen LogP contribution >= 0.6 is 0 Å². The average Bonchev–Trinajstić information content (AvgIpc) is 2.65. The zero-order valence-corrected chi connectivity index (χ0v) is 17.0. The molecule has 2 unspecified atom stereocenters. The SMILES string of the molecule is CCCCOC1CCC(C)(C)N(OC(C)c2ccccc2)C(C)(C)C1. The Morgan fingerprint density at radius 3 is 2.44 bits per heavy atom. The highest BCUT2D eigenvalue weighted by Crippen LogP contribution is 2.40. The molecule has 0 saturated carbocycles. The lowest BCUT2D eigenvalue weighted by molar-refractivity contribution is -0.290. The number of nitrogens with zero attached hydrogens (tertiary/aromatic N) is 1. The Balaban J connectivity index is 2.11. The van der Waals surface area contributed by atoms with Crippen LogP contribution < -0.4 is 0 Å². The molecule has 0 bridgehead atoms. The Bertz CT molecular complexity index is 512. The van der Waals surface area contributed by atoms with Gasteiger partial charge in [-0.2, -0.15) is 5.06 Å². The van der Waals surface area contributed by atoms with Gasteiger partial charge in [0.15, 0.2) is 0 Å². The molecule has 0 amide bonds. The smallest absolute Gasteiger partial charge is 0.102 e. The molecule has 0 radical (unpaired) electrons. The zero-order chi connectivity index (χ0) is 18.5. The van der Waals surface area contributed by atoms with Gasteiger partial charge in [0.2, 0.25) is 0 Å². The van der Waals surface area contributed by atoms with E-state index in [-0.39, 0.29) is 17.2 Å². The van der Waals surface area contributed by atoms with E-state index in [0.717, 1.165) is 32.3 Å². The quantitative estimate of drug-likeness (QED) is 0.572. The summed E-state index contributed by atoms with van der Waals surface area (Å²) in [5, 5.41) is 2.25. The molecule has 0 spiro atoms. The number of hydroxylamine groups is 2. The summed E-state index contributed by atoms with van der Waals surface area (Å²) >= 11 is 0. The summed E-state index contributed by atoms with van der Waals surface area (Å²) < 4.78 is 6.19. The van der Waals surface area contributed by atoms with E-state index >= 15 is 0 Å². The number of hydrogen-bond acceptors (Lipinski definition) is 3. The van der Waals surface area contributed by atoms with Gasteiger partial charge >= 0.3 is 0 Å². The van der Waals surface area contributed by atoms with Crippen molar-refractivity contribution in [1.29, 1.82) is 0 Å². The third-order valence-electron chi connectivity index (χ3n) is 5.29. The van der Waals surface area contributed by atoms with E-state index < -0.39 is 0 Å². The van der Waals surface area contributed by atoms with Crippen molar-refractivity contribution in [2.75, 3.05) is 6.61 Å². The van der Waals surface area contributed by atoms with Gasteiger partial charge in [0, 0.05) is 17.7 Å². The molecule has 3 nitrogen and oxygen atoms in total. The second-order valence-electron chi connectivity index (χ2n) is 8.67. The Labute approximate surface area is 154 Å². The van der Waals surface area contributed by atoms with Crippen molar-refractivity contribution in [3.05, 3.63) is 35.9 Å². The molecular weight excluding hydrogens is 310 g/mol. The van der Waals surface area contributed by atoms with Crippen molar-refractivity contribution in [2.45, 2.75) is 96.9 Å². The number of benzene rings is 1. The lowest BCUT2D eigenvalue weighted by Crippen LogP contribution is -2.54. The summed E-state index contributed by atoms with van der Waals surface area (Å²) in [5.74, 6) is 0. The summed E-state index contributed by atoms with van der Waals surface area (Å²) in [5.41, 5.74) is 1.13. The first-order chi connectivity index (χ1) is 11.8. The van der Waals surface area contributed by atoms with Crippen molar-refractivity contribution < 1.29 is 9.57 Å². The van der Waals surface area contributed by atoms with Crippen LogP contribution in [-0.4, -0.2) is 28.9 Å². The molecule has 3 heteroatoms. The minimum absolute atomic E-state index is 0.0184. The highest BCUT2D eigenvalue weighted by molar-refractivity contribution is 5.16.